The number of hydrogen-bond acceptors (Lipinski definition) is 6. The zero-order valence-corrected chi connectivity index (χ0v) is 13.1. The van der Waals surface area contributed by atoms with E-state index in [-0.39, 0.29) is 23.5 Å². The molecular weight excluding hydrogens is 316 g/mol. The van der Waals surface area contributed by atoms with Gasteiger partial charge in [-0.05, 0) is 24.6 Å². The molecule has 1 aliphatic heterocycles. The second-order valence-electron chi connectivity index (χ2n) is 5.04. The number of thioether (sulfide) groups is 1. The van der Waals surface area contributed by atoms with Gasteiger partial charge in [0.15, 0.2) is 0 Å². The molecule has 1 saturated heterocycles. The SMILES string of the molecule is Nc1nc(SCC(=O)Nc2cccc(N3CCCC3=O)c2)n[nH]1. The lowest BCUT2D eigenvalue weighted by atomic mass is 10.2. The number of nitrogen functional groups attached to an aromatic ring is 1. The third-order valence-electron chi connectivity index (χ3n) is 3.33. The van der Waals surface area contributed by atoms with E-state index in [1.807, 2.05) is 12.1 Å². The van der Waals surface area contributed by atoms with Crippen LogP contribution >= 0.6 is 11.8 Å². The maximum absolute atomic E-state index is 12.0. The summed E-state index contributed by atoms with van der Waals surface area (Å²) < 4.78 is 0. The highest BCUT2D eigenvalue weighted by molar-refractivity contribution is 7.99. The normalized spacial score (nSPS) is 14.3. The van der Waals surface area contributed by atoms with Crippen molar-refractivity contribution in [3.05, 3.63) is 24.3 Å². The number of nitrogens with zero attached hydrogens (tertiary/aromatic N) is 3. The van der Waals surface area contributed by atoms with E-state index in [2.05, 4.69) is 20.5 Å². The van der Waals surface area contributed by atoms with Crippen LogP contribution in [0.2, 0.25) is 0 Å². The lowest BCUT2D eigenvalue weighted by Gasteiger charge is -2.16. The van der Waals surface area contributed by atoms with Crippen LogP contribution in [0, 0.1) is 0 Å². The van der Waals surface area contributed by atoms with Gasteiger partial charge >= 0.3 is 0 Å². The Kier molecular flexibility index (Phi) is 4.47. The number of hydrogen-bond donors (Lipinski definition) is 3. The smallest absolute Gasteiger partial charge is 0.234 e. The van der Waals surface area contributed by atoms with E-state index in [1.54, 1.807) is 17.0 Å². The molecule has 0 saturated carbocycles. The molecule has 2 heterocycles. The molecule has 4 N–H and O–H groups in total. The van der Waals surface area contributed by atoms with Gasteiger partial charge in [0.05, 0.1) is 5.75 Å². The van der Waals surface area contributed by atoms with Gasteiger partial charge in [0.1, 0.15) is 0 Å². The van der Waals surface area contributed by atoms with Gasteiger partial charge in [-0.15, -0.1) is 5.10 Å². The standard InChI is InChI=1S/C14H16N6O2S/c15-13-17-14(19-18-13)23-8-11(21)16-9-3-1-4-10(7-9)20-6-2-5-12(20)22/h1,3-4,7H,2,5-6,8H2,(H,16,21)(H3,15,17,18,19). The minimum absolute atomic E-state index is 0.117. The molecule has 0 atom stereocenters. The molecule has 9 heteroatoms. The summed E-state index contributed by atoms with van der Waals surface area (Å²) in [6.45, 7) is 0.721. The van der Waals surface area contributed by atoms with Crippen LogP contribution in [0.25, 0.3) is 0 Å². The predicted molar refractivity (Wildman–Crippen MR) is 88.2 cm³/mol. The average Bonchev–Trinajstić information content (AvgIpc) is 3.14. The zero-order valence-electron chi connectivity index (χ0n) is 12.3. The molecule has 1 aromatic carbocycles. The van der Waals surface area contributed by atoms with Gasteiger partial charge in [-0.25, -0.2) is 5.10 Å². The molecule has 0 radical (unpaired) electrons. The Balaban J connectivity index is 1.59. The lowest BCUT2D eigenvalue weighted by Crippen LogP contribution is -2.23. The second-order valence-corrected chi connectivity index (χ2v) is 5.98. The van der Waals surface area contributed by atoms with Crippen molar-refractivity contribution in [1.82, 2.24) is 15.2 Å². The van der Waals surface area contributed by atoms with E-state index in [1.165, 1.54) is 11.8 Å². The summed E-state index contributed by atoms with van der Waals surface area (Å²) in [7, 11) is 0. The molecule has 23 heavy (non-hydrogen) atoms. The van der Waals surface area contributed by atoms with E-state index in [9.17, 15) is 9.59 Å². The summed E-state index contributed by atoms with van der Waals surface area (Å²) in [5.41, 5.74) is 6.88. The summed E-state index contributed by atoms with van der Waals surface area (Å²) >= 11 is 1.19. The molecule has 1 fully saturated rings. The Morgan fingerprint density at radius 1 is 1.48 bits per heavy atom. The van der Waals surface area contributed by atoms with E-state index in [4.69, 9.17) is 5.73 Å². The number of aromatic amines is 1. The Hall–Kier alpha value is -2.55. The number of carbonyl (C=O) groups is 2. The largest absolute Gasteiger partial charge is 0.368 e. The van der Waals surface area contributed by atoms with Crippen LogP contribution in [-0.4, -0.2) is 39.3 Å². The number of amides is 2. The quantitative estimate of drug-likeness (QED) is 0.709. The van der Waals surface area contributed by atoms with Gasteiger partial charge in [-0.1, -0.05) is 17.8 Å². The minimum atomic E-state index is -0.178. The molecule has 0 spiro atoms. The molecule has 0 unspecified atom stereocenters. The number of rotatable bonds is 5. The summed E-state index contributed by atoms with van der Waals surface area (Å²) in [6.07, 6.45) is 1.44. The number of nitrogens with two attached hydrogens (primary N) is 1. The van der Waals surface area contributed by atoms with Crippen LogP contribution < -0.4 is 16.0 Å². The van der Waals surface area contributed by atoms with Crippen molar-refractivity contribution in [2.45, 2.75) is 18.0 Å². The molecule has 3 rings (SSSR count). The first-order valence-electron chi connectivity index (χ1n) is 7.13. The third-order valence-corrected chi connectivity index (χ3v) is 4.18. The van der Waals surface area contributed by atoms with Gasteiger partial charge in [-0.2, -0.15) is 4.98 Å². The fourth-order valence-corrected chi connectivity index (χ4v) is 2.93. The van der Waals surface area contributed by atoms with Crippen LogP contribution in [0.15, 0.2) is 29.4 Å². The van der Waals surface area contributed by atoms with Crippen LogP contribution in [-0.2, 0) is 9.59 Å². The average molecular weight is 332 g/mol. The highest BCUT2D eigenvalue weighted by Gasteiger charge is 2.21. The van der Waals surface area contributed by atoms with Crippen molar-refractivity contribution in [3.63, 3.8) is 0 Å². The molecule has 120 valence electrons. The van der Waals surface area contributed by atoms with Gasteiger partial charge in [0, 0.05) is 24.3 Å². The fourth-order valence-electron chi connectivity index (χ4n) is 2.32. The molecule has 1 aliphatic rings. The van der Waals surface area contributed by atoms with Crippen molar-refractivity contribution in [2.24, 2.45) is 0 Å². The first-order chi connectivity index (χ1) is 11.1. The molecule has 2 aromatic rings. The Morgan fingerprint density at radius 3 is 3.04 bits per heavy atom. The monoisotopic (exact) mass is 332 g/mol. The van der Waals surface area contributed by atoms with Gasteiger partial charge in [0.25, 0.3) is 0 Å². The summed E-state index contributed by atoms with van der Waals surface area (Å²) in [5, 5.41) is 9.59. The van der Waals surface area contributed by atoms with Crippen molar-refractivity contribution >= 4 is 40.9 Å². The maximum atomic E-state index is 12.0. The van der Waals surface area contributed by atoms with Crippen molar-refractivity contribution in [2.75, 3.05) is 28.2 Å². The molecule has 2 amide bonds. The van der Waals surface area contributed by atoms with E-state index < -0.39 is 0 Å². The predicted octanol–water partition coefficient (Wildman–Crippen LogP) is 1.24. The van der Waals surface area contributed by atoms with Crippen LogP contribution in [0.1, 0.15) is 12.8 Å². The number of anilines is 3. The number of aromatic nitrogens is 3. The molecule has 0 bridgehead atoms. The number of nitrogens with one attached hydrogen (secondary N) is 2. The Morgan fingerprint density at radius 2 is 2.35 bits per heavy atom. The summed E-state index contributed by atoms with van der Waals surface area (Å²) in [5.74, 6) is 0.329. The molecular formula is C14H16N6O2S. The second kappa shape index (κ2) is 6.69. The lowest BCUT2D eigenvalue weighted by molar-refractivity contribution is -0.117. The Labute approximate surface area is 136 Å². The number of H-pyrrole nitrogens is 1. The molecule has 1 aromatic heterocycles. The highest BCUT2D eigenvalue weighted by Crippen LogP contribution is 2.24. The van der Waals surface area contributed by atoms with Gasteiger partial charge < -0.3 is 16.0 Å². The summed E-state index contributed by atoms with van der Waals surface area (Å²) in [4.78, 5) is 29.4. The van der Waals surface area contributed by atoms with E-state index >= 15 is 0 Å². The van der Waals surface area contributed by atoms with Crippen LogP contribution in [0.3, 0.4) is 0 Å². The number of carbonyl (C=O) groups excluding carboxylic acids is 2. The van der Waals surface area contributed by atoms with Gasteiger partial charge in [0.2, 0.25) is 22.9 Å². The topological polar surface area (TPSA) is 117 Å². The van der Waals surface area contributed by atoms with Gasteiger partial charge in [-0.3, -0.25) is 9.59 Å². The first-order valence-corrected chi connectivity index (χ1v) is 8.11. The number of benzene rings is 1. The fraction of sp³-hybridized carbons (Fsp3) is 0.286. The highest BCUT2D eigenvalue weighted by atomic mass is 32.2. The molecule has 8 nitrogen and oxygen atoms in total. The van der Waals surface area contributed by atoms with Crippen molar-refractivity contribution in [1.29, 1.82) is 0 Å². The van der Waals surface area contributed by atoms with E-state index in [0.29, 0.717) is 17.3 Å². The molecule has 0 aliphatic carbocycles. The van der Waals surface area contributed by atoms with Crippen LogP contribution in [0.5, 0.6) is 0 Å². The van der Waals surface area contributed by atoms with E-state index in [0.717, 1.165) is 18.7 Å². The summed E-state index contributed by atoms with van der Waals surface area (Å²) in [6, 6.07) is 7.28. The first kappa shape index (κ1) is 15.3. The maximum Gasteiger partial charge on any atom is 0.234 e. The minimum Gasteiger partial charge on any atom is -0.368 e. The van der Waals surface area contributed by atoms with Crippen LogP contribution in [0.4, 0.5) is 17.3 Å². The van der Waals surface area contributed by atoms with Crippen molar-refractivity contribution < 1.29 is 9.59 Å². The zero-order chi connectivity index (χ0) is 16.2. The van der Waals surface area contributed by atoms with Crippen molar-refractivity contribution in [3.8, 4) is 0 Å². The Bertz CT molecular complexity index is 732. The third kappa shape index (κ3) is 3.81.